The Morgan fingerprint density at radius 3 is 2.65 bits per heavy atom. The summed E-state index contributed by atoms with van der Waals surface area (Å²) in [5, 5.41) is 3.76. The molecule has 1 aliphatic heterocycles. The summed E-state index contributed by atoms with van der Waals surface area (Å²) < 4.78 is 5.67. The fourth-order valence-corrected chi connectivity index (χ4v) is 4.85. The first kappa shape index (κ1) is 14.8. The minimum atomic E-state index is 0.463. The molecule has 0 bridgehead atoms. The van der Waals surface area contributed by atoms with Crippen LogP contribution >= 0.6 is 0 Å². The lowest BCUT2D eigenvalue weighted by Gasteiger charge is -2.55. The fourth-order valence-electron chi connectivity index (χ4n) is 4.85. The van der Waals surface area contributed by atoms with Crippen molar-refractivity contribution in [2.24, 2.45) is 0 Å². The van der Waals surface area contributed by atoms with Gasteiger partial charge in [0.2, 0.25) is 0 Å². The predicted molar refractivity (Wildman–Crippen MR) is 83.0 cm³/mol. The van der Waals surface area contributed by atoms with Gasteiger partial charge in [0, 0.05) is 37.8 Å². The van der Waals surface area contributed by atoms with Crippen molar-refractivity contribution >= 4 is 0 Å². The number of hydrogen-bond donors (Lipinski definition) is 1. The van der Waals surface area contributed by atoms with Crippen LogP contribution in [-0.2, 0) is 4.74 Å². The zero-order valence-electron chi connectivity index (χ0n) is 13.4. The van der Waals surface area contributed by atoms with Gasteiger partial charge >= 0.3 is 0 Å². The second kappa shape index (κ2) is 6.33. The minimum Gasteiger partial charge on any atom is -0.381 e. The first-order valence-electron chi connectivity index (χ1n) is 8.76. The predicted octanol–water partition coefficient (Wildman–Crippen LogP) is 2.94. The highest BCUT2D eigenvalue weighted by Gasteiger charge is 2.45. The largest absolute Gasteiger partial charge is 0.381 e. The van der Waals surface area contributed by atoms with Crippen LogP contribution in [-0.4, -0.2) is 48.8 Å². The molecule has 3 rings (SSSR count). The summed E-state index contributed by atoms with van der Waals surface area (Å²) >= 11 is 0. The van der Waals surface area contributed by atoms with E-state index in [1.807, 2.05) is 7.11 Å². The van der Waals surface area contributed by atoms with E-state index in [2.05, 4.69) is 17.1 Å². The third-order valence-corrected chi connectivity index (χ3v) is 6.02. The maximum atomic E-state index is 5.67. The number of methoxy groups -OCH3 is 1. The molecule has 2 aliphatic carbocycles. The molecular weight excluding hydrogens is 248 g/mol. The van der Waals surface area contributed by atoms with Crippen LogP contribution in [0, 0.1) is 0 Å². The second-order valence-corrected chi connectivity index (χ2v) is 7.40. The van der Waals surface area contributed by atoms with Gasteiger partial charge in [-0.3, -0.25) is 4.90 Å². The Morgan fingerprint density at radius 1 is 1.10 bits per heavy atom. The molecule has 3 nitrogen and oxygen atoms in total. The molecule has 116 valence electrons. The molecule has 2 saturated carbocycles. The molecule has 1 saturated heterocycles. The Bertz CT molecular complexity index is 314. The smallest absolute Gasteiger partial charge is 0.0586 e. The van der Waals surface area contributed by atoms with Gasteiger partial charge in [-0.1, -0.05) is 19.3 Å². The minimum absolute atomic E-state index is 0.463. The highest BCUT2D eigenvalue weighted by molar-refractivity contribution is 5.03. The molecule has 20 heavy (non-hydrogen) atoms. The lowest BCUT2D eigenvalue weighted by Crippen LogP contribution is -2.67. The van der Waals surface area contributed by atoms with Gasteiger partial charge in [0.15, 0.2) is 0 Å². The van der Waals surface area contributed by atoms with E-state index in [0.29, 0.717) is 17.7 Å². The van der Waals surface area contributed by atoms with E-state index in [1.54, 1.807) is 0 Å². The molecule has 1 heterocycles. The van der Waals surface area contributed by atoms with Crippen LogP contribution in [0.25, 0.3) is 0 Å². The van der Waals surface area contributed by atoms with E-state index in [0.717, 1.165) is 6.04 Å². The molecule has 3 unspecified atom stereocenters. The quantitative estimate of drug-likeness (QED) is 0.841. The second-order valence-electron chi connectivity index (χ2n) is 7.40. The van der Waals surface area contributed by atoms with Gasteiger partial charge in [-0.25, -0.2) is 0 Å². The third-order valence-electron chi connectivity index (χ3n) is 6.02. The van der Waals surface area contributed by atoms with Crippen LogP contribution in [0.1, 0.15) is 64.7 Å². The highest BCUT2D eigenvalue weighted by Crippen LogP contribution is 2.39. The van der Waals surface area contributed by atoms with Crippen molar-refractivity contribution in [3.8, 4) is 0 Å². The monoisotopic (exact) mass is 280 g/mol. The molecule has 0 aromatic heterocycles. The average molecular weight is 280 g/mol. The SMILES string of the molecule is COC1CCCC(N2CC(C)NCC23CCCCC3)C1. The summed E-state index contributed by atoms with van der Waals surface area (Å²) in [5.74, 6) is 0. The summed E-state index contributed by atoms with van der Waals surface area (Å²) in [6.45, 7) is 4.79. The van der Waals surface area contributed by atoms with Crippen molar-refractivity contribution < 1.29 is 4.74 Å². The van der Waals surface area contributed by atoms with Crippen molar-refractivity contribution in [3.05, 3.63) is 0 Å². The number of nitrogens with one attached hydrogen (secondary N) is 1. The van der Waals surface area contributed by atoms with E-state index in [4.69, 9.17) is 4.74 Å². The number of rotatable bonds is 2. The summed E-state index contributed by atoms with van der Waals surface area (Å²) in [6.07, 6.45) is 12.8. The van der Waals surface area contributed by atoms with Crippen LogP contribution in [0.5, 0.6) is 0 Å². The zero-order valence-corrected chi connectivity index (χ0v) is 13.4. The molecule has 3 heteroatoms. The highest BCUT2D eigenvalue weighted by atomic mass is 16.5. The van der Waals surface area contributed by atoms with Crippen molar-refractivity contribution in [2.75, 3.05) is 20.2 Å². The standard InChI is InChI=1S/C17H32N2O/c1-14-12-19(15-7-6-8-16(11-15)20-2)17(13-18-14)9-4-3-5-10-17/h14-16,18H,3-13H2,1-2H3. The summed E-state index contributed by atoms with van der Waals surface area (Å²) in [5.41, 5.74) is 0.463. The van der Waals surface area contributed by atoms with E-state index >= 15 is 0 Å². The van der Waals surface area contributed by atoms with Gasteiger partial charge in [0.1, 0.15) is 0 Å². The van der Waals surface area contributed by atoms with Gasteiger partial charge in [0.25, 0.3) is 0 Å². The van der Waals surface area contributed by atoms with Gasteiger partial charge in [-0.15, -0.1) is 0 Å². The third kappa shape index (κ3) is 2.90. The van der Waals surface area contributed by atoms with E-state index in [1.165, 1.54) is 70.9 Å². The van der Waals surface area contributed by atoms with Crippen LogP contribution in [0.2, 0.25) is 0 Å². The molecule has 0 amide bonds. The molecular formula is C17H32N2O. The van der Waals surface area contributed by atoms with Gasteiger partial charge in [-0.05, 0) is 45.4 Å². The van der Waals surface area contributed by atoms with Gasteiger partial charge in [0.05, 0.1) is 6.10 Å². The number of piperazine rings is 1. The van der Waals surface area contributed by atoms with Crippen molar-refractivity contribution in [3.63, 3.8) is 0 Å². The number of hydrogen-bond acceptors (Lipinski definition) is 3. The molecule has 0 radical (unpaired) electrons. The first-order chi connectivity index (χ1) is 9.73. The summed E-state index contributed by atoms with van der Waals surface area (Å²) in [4.78, 5) is 2.92. The average Bonchev–Trinajstić information content (AvgIpc) is 2.51. The van der Waals surface area contributed by atoms with Crippen LogP contribution in [0.15, 0.2) is 0 Å². The summed E-state index contributed by atoms with van der Waals surface area (Å²) in [7, 11) is 1.89. The Balaban J connectivity index is 1.75. The molecule has 1 N–H and O–H groups in total. The topological polar surface area (TPSA) is 24.5 Å². The van der Waals surface area contributed by atoms with Gasteiger partial charge in [-0.2, -0.15) is 0 Å². The molecule has 3 atom stereocenters. The normalized spacial score (nSPS) is 39.0. The van der Waals surface area contributed by atoms with Gasteiger partial charge < -0.3 is 10.1 Å². The molecule has 3 fully saturated rings. The van der Waals surface area contributed by atoms with E-state index in [9.17, 15) is 0 Å². The first-order valence-corrected chi connectivity index (χ1v) is 8.76. The maximum Gasteiger partial charge on any atom is 0.0586 e. The Hall–Kier alpha value is -0.120. The maximum absolute atomic E-state index is 5.67. The van der Waals surface area contributed by atoms with Crippen LogP contribution < -0.4 is 5.32 Å². The Morgan fingerprint density at radius 2 is 1.90 bits per heavy atom. The van der Waals surface area contributed by atoms with E-state index < -0.39 is 0 Å². The lowest BCUT2D eigenvalue weighted by atomic mass is 9.76. The van der Waals surface area contributed by atoms with Crippen LogP contribution in [0.3, 0.4) is 0 Å². The van der Waals surface area contributed by atoms with Crippen molar-refractivity contribution in [1.29, 1.82) is 0 Å². The van der Waals surface area contributed by atoms with Crippen molar-refractivity contribution in [2.45, 2.75) is 88.4 Å². The molecule has 0 aromatic carbocycles. The number of ether oxygens (including phenoxy) is 1. The summed E-state index contributed by atoms with van der Waals surface area (Å²) in [6, 6.07) is 1.40. The lowest BCUT2D eigenvalue weighted by molar-refractivity contribution is -0.0544. The Labute approximate surface area is 124 Å². The zero-order chi connectivity index (χ0) is 14.0. The van der Waals surface area contributed by atoms with Crippen molar-refractivity contribution in [1.82, 2.24) is 10.2 Å². The molecule has 0 aromatic rings. The molecule has 1 spiro atoms. The molecule has 3 aliphatic rings. The number of nitrogens with zero attached hydrogens (tertiary/aromatic N) is 1. The van der Waals surface area contributed by atoms with E-state index in [-0.39, 0.29) is 0 Å². The fraction of sp³-hybridized carbons (Fsp3) is 1.00. The van der Waals surface area contributed by atoms with Crippen LogP contribution in [0.4, 0.5) is 0 Å². The Kier molecular flexibility index (Phi) is 4.68.